The quantitative estimate of drug-likeness (QED) is 0.324. The molecule has 0 radical (unpaired) electrons. The van der Waals surface area contributed by atoms with E-state index in [0.29, 0.717) is 36.9 Å². The van der Waals surface area contributed by atoms with Crippen LogP contribution in [-0.2, 0) is 24.4 Å². The highest BCUT2D eigenvalue weighted by Gasteiger charge is 2.24. The number of hydrogen-bond acceptors (Lipinski definition) is 8. The zero-order valence-corrected chi connectivity index (χ0v) is 22.2. The molecule has 4 heterocycles. The lowest BCUT2D eigenvalue weighted by Crippen LogP contribution is -2.33. The first-order valence-electron chi connectivity index (χ1n) is 13.4. The molecule has 1 saturated heterocycles. The van der Waals surface area contributed by atoms with Crippen LogP contribution >= 0.6 is 0 Å². The minimum atomic E-state index is -0.965. The van der Waals surface area contributed by atoms with E-state index in [2.05, 4.69) is 25.5 Å². The topological polar surface area (TPSA) is 126 Å². The number of aromatic nitrogens is 4. The van der Waals surface area contributed by atoms with Crippen molar-refractivity contribution in [2.45, 2.75) is 38.6 Å². The number of rotatable bonds is 9. The van der Waals surface area contributed by atoms with Crippen LogP contribution in [-0.4, -0.2) is 61.3 Å². The molecular weight excluding hydrogens is 527 g/mol. The Balaban J connectivity index is 1.14. The van der Waals surface area contributed by atoms with Crippen LogP contribution in [0.2, 0.25) is 0 Å². The summed E-state index contributed by atoms with van der Waals surface area (Å²) in [5.41, 5.74) is 3.40. The van der Waals surface area contributed by atoms with Gasteiger partial charge in [-0.05, 0) is 48.7 Å². The Morgan fingerprint density at radius 1 is 1.22 bits per heavy atom. The molecule has 0 bridgehead atoms. The predicted octanol–water partition coefficient (Wildman–Crippen LogP) is 4.19. The summed E-state index contributed by atoms with van der Waals surface area (Å²) in [6.07, 6.45) is 5.51. The second-order valence-electron chi connectivity index (χ2n) is 10.1. The third-order valence-electron chi connectivity index (χ3n) is 7.39. The van der Waals surface area contributed by atoms with Gasteiger partial charge < -0.3 is 19.1 Å². The average molecular weight is 555 g/mol. The fourth-order valence-corrected chi connectivity index (χ4v) is 4.98. The minimum Gasteiger partial charge on any atom is -0.478 e. The molecule has 2 aromatic carbocycles. The molecule has 2 aliphatic rings. The molecule has 1 unspecified atom stereocenters. The van der Waals surface area contributed by atoms with Crippen molar-refractivity contribution in [3.63, 3.8) is 0 Å². The van der Waals surface area contributed by atoms with Crippen molar-refractivity contribution >= 4 is 22.6 Å². The third-order valence-corrected chi connectivity index (χ3v) is 7.39. The summed E-state index contributed by atoms with van der Waals surface area (Å²) < 4.78 is 27.7. The third kappa shape index (κ3) is 5.79. The van der Waals surface area contributed by atoms with Crippen LogP contribution in [0.15, 0.2) is 54.7 Å². The summed E-state index contributed by atoms with van der Waals surface area (Å²) in [5.74, 6) is 0.321. The highest BCUT2D eigenvalue weighted by atomic mass is 19.1. The molecule has 10 nitrogen and oxygen atoms in total. The number of fused-ring (bicyclic) bond motifs is 1. The molecule has 0 spiro atoms. The first kappa shape index (κ1) is 26.6. The van der Waals surface area contributed by atoms with Gasteiger partial charge in [0, 0.05) is 37.5 Å². The minimum absolute atomic E-state index is 0.0122. The molecule has 2 aromatic heterocycles. The summed E-state index contributed by atoms with van der Waals surface area (Å²) in [6, 6.07) is 12.8. The molecule has 4 aromatic rings. The van der Waals surface area contributed by atoms with Crippen molar-refractivity contribution in [3.8, 4) is 11.9 Å². The van der Waals surface area contributed by atoms with Crippen molar-refractivity contribution < 1.29 is 23.8 Å². The molecule has 1 atom stereocenters. The standard InChI is InChI=1S/C30H27FN6O4/c31-24-13-19(15-32)1-2-22(24)18-41-28-5-9-33-29(35-28)20-6-10-36(11-7-20)17-27-34-25-4-3-21(30(38)39)14-26(25)37(27)16-23-8-12-40-23/h1-6,9,13-14,23H,7-8,10-12,16-18H2,(H,38,39). The van der Waals surface area contributed by atoms with E-state index in [-0.39, 0.29) is 23.8 Å². The number of imidazole rings is 1. The molecule has 2 aliphatic heterocycles. The molecule has 1 N–H and O–H groups in total. The van der Waals surface area contributed by atoms with Gasteiger partial charge in [0.15, 0.2) is 5.82 Å². The van der Waals surface area contributed by atoms with E-state index in [9.17, 15) is 14.3 Å². The van der Waals surface area contributed by atoms with E-state index >= 15 is 0 Å². The van der Waals surface area contributed by atoms with Crippen LogP contribution < -0.4 is 4.74 Å². The second kappa shape index (κ2) is 11.4. The van der Waals surface area contributed by atoms with E-state index in [1.165, 1.54) is 12.1 Å². The van der Waals surface area contributed by atoms with E-state index < -0.39 is 11.8 Å². The van der Waals surface area contributed by atoms with Gasteiger partial charge in [-0.15, -0.1) is 0 Å². The van der Waals surface area contributed by atoms with Gasteiger partial charge >= 0.3 is 5.97 Å². The fourth-order valence-electron chi connectivity index (χ4n) is 4.98. The number of halogens is 1. The Morgan fingerprint density at radius 3 is 2.80 bits per heavy atom. The smallest absolute Gasteiger partial charge is 0.335 e. The van der Waals surface area contributed by atoms with Gasteiger partial charge in [0.05, 0.1) is 47.4 Å². The maximum absolute atomic E-state index is 14.2. The van der Waals surface area contributed by atoms with Crippen LogP contribution in [0.3, 0.4) is 0 Å². The van der Waals surface area contributed by atoms with Crippen LogP contribution in [0.5, 0.6) is 5.88 Å². The van der Waals surface area contributed by atoms with Crippen molar-refractivity contribution in [2.24, 2.45) is 0 Å². The summed E-state index contributed by atoms with van der Waals surface area (Å²) >= 11 is 0. The van der Waals surface area contributed by atoms with E-state index in [1.54, 1.807) is 36.5 Å². The Bertz CT molecular complexity index is 1690. The van der Waals surface area contributed by atoms with Gasteiger partial charge in [-0.1, -0.05) is 12.1 Å². The van der Waals surface area contributed by atoms with Crippen LogP contribution in [0.1, 0.15) is 46.0 Å². The number of ether oxygens (including phenoxy) is 2. The Hall–Kier alpha value is -4.66. The van der Waals surface area contributed by atoms with Crippen LogP contribution in [0.25, 0.3) is 16.6 Å². The normalized spacial score (nSPS) is 17.1. The molecule has 41 heavy (non-hydrogen) atoms. The van der Waals surface area contributed by atoms with Crippen LogP contribution in [0.4, 0.5) is 4.39 Å². The molecule has 6 rings (SSSR count). The number of carboxylic acids is 1. The molecule has 0 aliphatic carbocycles. The SMILES string of the molecule is N#Cc1ccc(COc2ccnc(C3=CCN(Cc4nc5ccc(C(=O)O)cc5n4CC4CCO4)CC3)n2)c(F)c1. The van der Waals surface area contributed by atoms with Gasteiger partial charge in [-0.3, -0.25) is 4.90 Å². The van der Waals surface area contributed by atoms with E-state index in [0.717, 1.165) is 48.4 Å². The Morgan fingerprint density at radius 2 is 2.10 bits per heavy atom. The Kier molecular flexibility index (Phi) is 7.41. The monoisotopic (exact) mass is 554 g/mol. The van der Waals surface area contributed by atoms with Crippen molar-refractivity contribution in [3.05, 3.63) is 88.9 Å². The maximum Gasteiger partial charge on any atom is 0.335 e. The lowest BCUT2D eigenvalue weighted by Gasteiger charge is -2.29. The molecule has 208 valence electrons. The lowest BCUT2D eigenvalue weighted by atomic mass is 10.1. The number of aromatic carboxylic acids is 1. The van der Waals surface area contributed by atoms with E-state index in [4.69, 9.17) is 19.7 Å². The largest absolute Gasteiger partial charge is 0.478 e. The van der Waals surface area contributed by atoms with Gasteiger partial charge in [0.1, 0.15) is 18.2 Å². The summed E-state index contributed by atoms with van der Waals surface area (Å²) in [4.78, 5) is 27.6. The van der Waals surface area contributed by atoms with E-state index in [1.807, 2.05) is 6.07 Å². The Labute approximate surface area is 235 Å². The predicted molar refractivity (Wildman–Crippen MR) is 146 cm³/mol. The highest BCUT2D eigenvalue weighted by Crippen LogP contribution is 2.26. The lowest BCUT2D eigenvalue weighted by molar-refractivity contribution is -0.0591. The van der Waals surface area contributed by atoms with Gasteiger partial charge in [-0.25, -0.2) is 19.2 Å². The zero-order chi connectivity index (χ0) is 28.3. The van der Waals surface area contributed by atoms with Gasteiger partial charge in [-0.2, -0.15) is 10.2 Å². The van der Waals surface area contributed by atoms with Crippen molar-refractivity contribution in [1.82, 2.24) is 24.4 Å². The molecule has 0 saturated carbocycles. The first-order valence-corrected chi connectivity index (χ1v) is 13.4. The molecule has 0 amide bonds. The number of carboxylic acid groups (broad SMARTS) is 1. The highest BCUT2D eigenvalue weighted by molar-refractivity contribution is 5.92. The molecule has 11 heteroatoms. The number of nitrogens with zero attached hydrogens (tertiary/aromatic N) is 6. The number of carbonyl (C=O) groups is 1. The number of hydrogen-bond donors (Lipinski definition) is 1. The van der Waals surface area contributed by atoms with Gasteiger partial charge in [0.25, 0.3) is 0 Å². The summed E-state index contributed by atoms with van der Waals surface area (Å²) in [5, 5.41) is 18.4. The fraction of sp³-hybridized carbons (Fsp3) is 0.300. The molecular formula is C30H27FN6O4. The maximum atomic E-state index is 14.2. The van der Waals surface area contributed by atoms with Crippen molar-refractivity contribution in [2.75, 3.05) is 19.7 Å². The number of nitriles is 1. The van der Waals surface area contributed by atoms with Gasteiger partial charge in [0.2, 0.25) is 5.88 Å². The van der Waals surface area contributed by atoms with Crippen molar-refractivity contribution in [1.29, 1.82) is 5.26 Å². The summed E-state index contributed by atoms with van der Waals surface area (Å²) in [6.45, 7) is 3.41. The molecule has 1 fully saturated rings. The second-order valence-corrected chi connectivity index (χ2v) is 10.1. The zero-order valence-electron chi connectivity index (χ0n) is 22.2. The summed E-state index contributed by atoms with van der Waals surface area (Å²) in [7, 11) is 0. The first-order chi connectivity index (χ1) is 20.0. The average Bonchev–Trinajstić information content (AvgIpc) is 3.30. The number of benzene rings is 2. The van der Waals surface area contributed by atoms with Crippen LogP contribution in [0, 0.1) is 17.1 Å².